The van der Waals surface area contributed by atoms with Gasteiger partial charge in [-0.15, -0.1) is 0 Å². The van der Waals surface area contributed by atoms with Gasteiger partial charge in [0.25, 0.3) is 5.91 Å². The molecule has 0 spiro atoms. The highest BCUT2D eigenvalue weighted by atomic mass is 32.2. The molecule has 3 aromatic heterocycles. The van der Waals surface area contributed by atoms with E-state index in [9.17, 15) is 14.0 Å². The zero-order valence-corrected chi connectivity index (χ0v) is 32.8. The van der Waals surface area contributed by atoms with Gasteiger partial charge in [-0.25, -0.2) is 9.97 Å². The van der Waals surface area contributed by atoms with Crippen LogP contribution in [0.1, 0.15) is 129 Å². The first-order valence-corrected chi connectivity index (χ1v) is 18.1. The predicted octanol–water partition coefficient (Wildman–Crippen LogP) is 8.66. The molecule has 2 unspecified atom stereocenters. The number of nitrogens with one attached hydrogen (secondary N) is 2. The Bertz CT molecular complexity index is 1600. The second kappa shape index (κ2) is 16.6. The summed E-state index contributed by atoms with van der Waals surface area (Å²) in [6, 6.07) is 14.7. The first kappa shape index (κ1) is 40.9. The van der Waals surface area contributed by atoms with E-state index >= 15 is 0 Å². The van der Waals surface area contributed by atoms with Crippen LogP contribution in [-0.2, 0) is 20.4 Å². The number of anilines is 1. The van der Waals surface area contributed by atoms with Gasteiger partial charge in [-0.2, -0.15) is 4.39 Å². The first-order chi connectivity index (χ1) is 23.1. The van der Waals surface area contributed by atoms with Crippen molar-refractivity contribution in [3.05, 3.63) is 77.1 Å². The number of pyridine rings is 3. The molecule has 4 heterocycles. The SMILES string of the molecule is CC(C)(C)c1cccc(C(CCC2CN(C=O)C(C)(C)C2)Nc2cccc(SNC(=O)c3ccc(C(C)(C)C)nc3F)n2)n1.COC(C)(C)C. The number of carbonyl (C=O) groups excluding carboxylic acids is 2. The lowest BCUT2D eigenvalue weighted by Gasteiger charge is -2.27. The van der Waals surface area contributed by atoms with E-state index < -0.39 is 11.9 Å². The number of hydrogen-bond acceptors (Lipinski definition) is 8. The van der Waals surface area contributed by atoms with Crippen molar-refractivity contribution in [3.8, 4) is 0 Å². The molecule has 2 amide bonds. The van der Waals surface area contributed by atoms with Crippen molar-refractivity contribution in [3.63, 3.8) is 0 Å². The van der Waals surface area contributed by atoms with Crippen LogP contribution in [0.15, 0.2) is 53.6 Å². The first-order valence-electron chi connectivity index (χ1n) is 17.3. The zero-order valence-electron chi connectivity index (χ0n) is 32.0. The van der Waals surface area contributed by atoms with Crippen molar-refractivity contribution in [1.82, 2.24) is 24.6 Å². The molecule has 1 fully saturated rings. The minimum Gasteiger partial charge on any atom is -0.379 e. The average molecular weight is 709 g/mol. The summed E-state index contributed by atoms with van der Waals surface area (Å²) in [7, 11) is 1.71. The number of rotatable bonds is 10. The highest BCUT2D eigenvalue weighted by Gasteiger charge is 2.37. The Hall–Kier alpha value is -3.57. The lowest BCUT2D eigenvalue weighted by molar-refractivity contribution is -0.120. The summed E-state index contributed by atoms with van der Waals surface area (Å²) in [6.45, 7) is 23.3. The summed E-state index contributed by atoms with van der Waals surface area (Å²) in [4.78, 5) is 40.0. The van der Waals surface area contributed by atoms with Gasteiger partial charge in [-0.05, 0) is 96.2 Å². The second-order valence-electron chi connectivity index (χ2n) is 16.6. The Labute approximate surface area is 303 Å². The van der Waals surface area contributed by atoms with E-state index in [0.29, 0.717) is 22.5 Å². The van der Waals surface area contributed by atoms with Gasteiger partial charge in [-0.1, -0.05) is 53.7 Å². The molecule has 0 saturated carbocycles. The van der Waals surface area contributed by atoms with Gasteiger partial charge in [-0.3, -0.25) is 19.3 Å². The molecule has 3 aromatic rings. The van der Waals surface area contributed by atoms with Gasteiger partial charge in [0.15, 0.2) is 0 Å². The van der Waals surface area contributed by atoms with Gasteiger partial charge >= 0.3 is 0 Å². The normalized spacial score (nSPS) is 16.7. The van der Waals surface area contributed by atoms with Crippen LogP contribution in [0.25, 0.3) is 0 Å². The number of aromatic nitrogens is 3. The number of amides is 2. The average Bonchev–Trinajstić information content (AvgIpc) is 3.34. The molecule has 1 saturated heterocycles. The Kier molecular flexibility index (Phi) is 13.6. The fourth-order valence-electron chi connectivity index (χ4n) is 5.46. The van der Waals surface area contributed by atoms with Gasteiger partial charge in [0, 0.05) is 53.4 Å². The maximum atomic E-state index is 14.7. The van der Waals surface area contributed by atoms with Crippen LogP contribution in [-0.4, -0.2) is 57.0 Å². The minimum atomic E-state index is -0.798. The van der Waals surface area contributed by atoms with Crippen LogP contribution < -0.4 is 10.0 Å². The number of likely N-dealkylation sites (tertiary alicyclic amines) is 1. The second-order valence-corrected chi connectivity index (χ2v) is 17.4. The molecule has 1 aliphatic rings. The van der Waals surface area contributed by atoms with E-state index in [2.05, 4.69) is 55.7 Å². The molecule has 0 bridgehead atoms. The van der Waals surface area contributed by atoms with E-state index in [0.717, 1.165) is 55.6 Å². The summed E-state index contributed by atoms with van der Waals surface area (Å²) < 4.78 is 22.3. The number of nitrogens with zero attached hydrogens (tertiary/aromatic N) is 4. The van der Waals surface area contributed by atoms with Crippen LogP contribution in [0, 0.1) is 11.9 Å². The largest absolute Gasteiger partial charge is 0.379 e. The van der Waals surface area contributed by atoms with Crippen LogP contribution >= 0.6 is 11.9 Å². The van der Waals surface area contributed by atoms with E-state index in [1.165, 1.54) is 6.07 Å². The summed E-state index contributed by atoms with van der Waals surface area (Å²) >= 11 is 1.02. The summed E-state index contributed by atoms with van der Waals surface area (Å²) in [5.41, 5.74) is 1.86. The Balaban J connectivity index is 0.00000103. The lowest BCUT2D eigenvalue weighted by atomic mass is 9.90. The summed E-state index contributed by atoms with van der Waals surface area (Å²) in [5, 5.41) is 4.13. The van der Waals surface area contributed by atoms with E-state index in [4.69, 9.17) is 14.7 Å². The number of carbonyl (C=O) groups is 2. The highest BCUT2D eigenvalue weighted by molar-refractivity contribution is 7.97. The quantitative estimate of drug-likeness (QED) is 0.122. The topological polar surface area (TPSA) is 109 Å². The van der Waals surface area contributed by atoms with Crippen molar-refractivity contribution >= 4 is 30.1 Å². The van der Waals surface area contributed by atoms with Crippen molar-refractivity contribution in [2.45, 2.75) is 128 Å². The lowest BCUT2D eigenvalue weighted by Crippen LogP contribution is -2.36. The maximum absolute atomic E-state index is 14.7. The molecule has 50 heavy (non-hydrogen) atoms. The van der Waals surface area contributed by atoms with Crippen LogP contribution in [0.3, 0.4) is 0 Å². The van der Waals surface area contributed by atoms with Crippen molar-refractivity contribution < 1.29 is 18.7 Å². The third-order valence-electron chi connectivity index (χ3n) is 8.68. The van der Waals surface area contributed by atoms with Crippen molar-refractivity contribution in [2.75, 3.05) is 19.0 Å². The Morgan fingerprint density at radius 1 is 0.980 bits per heavy atom. The maximum Gasteiger partial charge on any atom is 0.266 e. The van der Waals surface area contributed by atoms with E-state index in [1.807, 2.05) is 70.7 Å². The Morgan fingerprint density at radius 3 is 2.16 bits per heavy atom. The molecule has 0 radical (unpaired) electrons. The van der Waals surface area contributed by atoms with Crippen molar-refractivity contribution in [2.24, 2.45) is 5.92 Å². The molecule has 1 aliphatic heterocycles. The number of hydrogen-bond donors (Lipinski definition) is 2. The third kappa shape index (κ3) is 12.0. The third-order valence-corrected chi connectivity index (χ3v) is 9.40. The van der Waals surface area contributed by atoms with Crippen LogP contribution in [0.4, 0.5) is 10.2 Å². The fourth-order valence-corrected chi connectivity index (χ4v) is 6.06. The molecule has 2 N–H and O–H groups in total. The molecule has 4 rings (SSSR count). The highest BCUT2D eigenvalue weighted by Crippen LogP contribution is 2.36. The molecule has 0 aliphatic carbocycles. The monoisotopic (exact) mass is 708 g/mol. The molecule has 11 heteroatoms. The standard InChI is InChI=1S/C34H45FN6O2S.C5H12O/c1-32(2,3)26-12-9-11-24(36-26)25(17-15-22-19-34(7,8)41(20-22)21-42)37-28-13-10-14-29(39-28)44-40-31(43)23-16-18-27(33(4,5)6)38-30(23)35;1-5(2,3)6-4/h9-14,16,18,21-22,25H,15,17,19-20H2,1-8H3,(H,37,39)(H,40,43);1-4H3. The molecule has 274 valence electrons. The smallest absolute Gasteiger partial charge is 0.266 e. The van der Waals surface area contributed by atoms with Gasteiger partial charge < -0.3 is 15.0 Å². The summed E-state index contributed by atoms with van der Waals surface area (Å²) in [5.74, 6) is -0.345. The fraction of sp³-hybridized carbons (Fsp3) is 0.564. The van der Waals surface area contributed by atoms with Gasteiger partial charge in [0.2, 0.25) is 12.4 Å². The minimum absolute atomic E-state index is 0.0417. The van der Waals surface area contributed by atoms with Gasteiger partial charge in [0.1, 0.15) is 10.8 Å². The molecular weight excluding hydrogens is 652 g/mol. The molecule has 9 nitrogen and oxygen atoms in total. The van der Waals surface area contributed by atoms with Gasteiger partial charge in [0.05, 0.1) is 22.9 Å². The molecular formula is C39H57FN6O3S. The van der Waals surface area contributed by atoms with Crippen LogP contribution in [0.2, 0.25) is 0 Å². The number of ether oxygens (including phenoxy) is 1. The molecule has 0 aromatic carbocycles. The Morgan fingerprint density at radius 2 is 1.60 bits per heavy atom. The van der Waals surface area contributed by atoms with E-state index in [1.54, 1.807) is 19.2 Å². The predicted molar refractivity (Wildman–Crippen MR) is 201 cm³/mol. The molecule has 2 atom stereocenters. The number of methoxy groups -OCH3 is 1. The van der Waals surface area contributed by atoms with Crippen molar-refractivity contribution in [1.29, 1.82) is 0 Å². The zero-order chi connectivity index (χ0) is 37.5. The van der Waals surface area contributed by atoms with Crippen LogP contribution in [0.5, 0.6) is 0 Å². The number of halogens is 1. The van der Waals surface area contributed by atoms with E-state index in [-0.39, 0.29) is 33.6 Å². The summed E-state index contributed by atoms with van der Waals surface area (Å²) in [6.07, 6.45) is 3.64.